The predicted molar refractivity (Wildman–Crippen MR) is 103 cm³/mol. The summed E-state index contributed by atoms with van der Waals surface area (Å²) in [6, 6.07) is 0. The molecular formula is C23H34O4. The van der Waals surface area contributed by atoms with Crippen LogP contribution in [0, 0.1) is 40.4 Å². The number of rotatable bonds is 3. The zero-order valence-corrected chi connectivity index (χ0v) is 16.9. The maximum atomic E-state index is 12.2. The van der Waals surface area contributed by atoms with Crippen LogP contribution in [0.4, 0.5) is 0 Å². The average Bonchev–Trinajstić information content (AvgIpc) is 2.87. The van der Waals surface area contributed by atoms with E-state index in [0.717, 1.165) is 38.5 Å². The molecule has 0 aliphatic heterocycles. The summed E-state index contributed by atoms with van der Waals surface area (Å²) in [4.78, 5) is 24.2. The van der Waals surface area contributed by atoms with E-state index in [-0.39, 0.29) is 34.4 Å². The molecule has 0 amide bonds. The Kier molecular flexibility index (Phi) is 4.57. The number of aliphatic carboxylic acids is 1. The Morgan fingerprint density at radius 3 is 2.70 bits per heavy atom. The molecule has 2 N–H and O–H groups in total. The number of fused-ring (bicyclic) bond motifs is 5. The van der Waals surface area contributed by atoms with Gasteiger partial charge < -0.3 is 10.2 Å². The third-order valence-electron chi connectivity index (χ3n) is 8.99. The Morgan fingerprint density at radius 2 is 2.04 bits per heavy atom. The number of carbonyl (C=O) groups is 2. The Hall–Kier alpha value is -1.16. The van der Waals surface area contributed by atoms with E-state index in [2.05, 4.69) is 20.8 Å². The average molecular weight is 375 g/mol. The van der Waals surface area contributed by atoms with Gasteiger partial charge >= 0.3 is 5.97 Å². The van der Waals surface area contributed by atoms with Gasteiger partial charge in [-0.25, -0.2) is 0 Å². The monoisotopic (exact) mass is 374 g/mol. The highest BCUT2D eigenvalue weighted by molar-refractivity contribution is 5.91. The molecular weight excluding hydrogens is 340 g/mol. The predicted octanol–water partition coefficient (Wildman–Crippen LogP) is 4.22. The lowest BCUT2D eigenvalue weighted by Gasteiger charge is -2.59. The summed E-state index contributed by atoms with van der Waals surface area (Å²) in [6.07, 6.45) is 8.27. The van der Waals surface area contributed by atoms with Crippen LogP contribution < -0.4 is 0 Å². The fourth-order valence-electron chi connectivity index (χ4n) is 8.01. The molecule has 0 aromatic rings. The first-order chi connectivity index (χ1) is 12.7. The molecule has 3 saturated carbocycles. The molecule has 4 nitrogen and oxygen atoms in total. The van der Waals surface area contributed by atoms with Crippen LogP contribution in [0.5, 0.6) is 0 Å². The fourth-order valence-corrected chi connectivity index (χ4v) is 8.01. The lowest BCUT2D eigenvalue weighted by molar-refractivity contribution is -0.159. The van der Waals surface area contributed by atoms with Gasteiger partial charge in [-0.15, -0.1) is 0 Å². The van der Waals surface area contributed by atoms with Crippen molar-refractivity contribution >= 4 is 11.8 Å². The summed E-state index contributed by atoms with van der Waals surface area (Å²) in [7, 11) is 0. The standard InChI is InChI=1S/C23H34O4/c1-4-5-13-10-17-16-7-6-14-11-15(24)8-9-22(14,2)20(16)18(25)12-23(17,3)19(13)21(26)27/h11,13,16-20,25H,4-10,12H2,1-3H3,(H,26,27)/t13?,16-,17-,18-,19+,20+,22-,23-/m0/s1. The first-order valence-electron chi connectivity index (χ1n) is 10.9. The molecule has 150 valence electrons. The van der Waals surface area contributed by atoms with Gasteiger partial charge in [-0.3, -0.25) is 9.59 Å². The Morgan fingerprint density at radius 1 is 1.30 bits per heavy atom. The molecule has 0 spiro atoms. The number of carboxylic acids is 1. The molecule has 27 heavy (non-hydrogen) atoms. The molecule has 1 unspecified atom stereocenters. The van der Waals surface area contributed by atoms with Gasteiger partial charge in [-0.1, -0.05) is 32.8 Å². The number of allylic oxidation sites excluding steroid dienone is 1. The zero-order valence-electron chi connectivity index (χ0n) is 16.9. The minimum atomic E-state index is -0.671. The molecule has 0 saturated heterocycles. The van der Waals surface area contributed by atoms with Crippen LogP contribution in [-0.2, 0) is 9.59 Å². The highest BCUT2D eigenvalue weighted by atomic mass is 16.4. The summed E-state index contributed by atoms with van der Waals surface area (Å²) in [5.41, 5.74) is 0.827. The second-order valence-corrected chi connectivity index (χ2v) is 10.3. The van der Waals surface area contributed by atoms with E-state index in [4.69, 9.17) is 0 Å². The van der Waals surface area contributed by atoms with Crippen molar-refractivity contribution in [3.63, 3.8) is 0 Å². The van der Waals surface area contributed by atoms with Crippen LogP contribution in [0.25, 0.3) is 0 Å². The van der Waals surface area contributed by atoms with Crippen LogP contribution >= 0.6 is 0 Å². The molecule has 4 rings (SSSR count). The number of hydrogen-bond acceptors (Lipinski definition) is 3. The van der Waals surface area contributed by atoms with Crippen molar-refractivity contribution in [2.24, 2.45) is 40.4 Å². The maximum absolute atomic E-state index is 12.2. The van der Waals surface area contributed by atoms with E-state index in [1.807, 2.05) is 6.08 Å². The van der Waals surface area contributed by atoms with Crippen LogP contribution in [0.2, 0.25) is 0 Å². The Labute approximate surface area is 162 Å². The zero-order chi connectivity index (χ0) is 19.6. The molecule has 0 bridgehead atoms. The summed E-state index contributed by atoms with van der Waals surface area (Å²) >= 11 is 0. The minimum Gasteiger partial charge on any atom is -0.481 e. The van der Waals surface area contributed by atoms with Gasteiger partial charge in [0.1, 0.15) is 0 Å². The van der Waals surface area contributed by atoms with Gasteiger partial charge in [-0.05, 0) is 79.1 Å². The number of hydrogen-bond donors (Lipinski definition) is 2. The molecule has 4 heteroatoms. The van der Waals surface area contributed by atoms with Gasteiger partial charge in [0, 0.05) is 6.42 Å². The summed E-state index contributed by atoms with van der Waals surface area (Å²) < 4.78 is 0. The van der Waals surface area contributed by atoms with Crippen molar-refractivity contribution < 1.29 is 19.8 Å². The van der Waals surface area contributed by atoms with Crippen LogP contribution in [0.15, 0.2) is 11.6 Å². The molecule has 0 aromatic carbocycles. The van der Waals surface area contributed by atoms with Crippen molar-refractivity contribution in [3.8, 4) is 0 Å². The van der Waals surface area contributed by atoms with Gasteiger partial charge in [0.05, 0.1) is 12.0 Å². The number of carboxylic acid groups (broad SMARTS) is 1. The number of carbonyl (C=O) groups excluding carboxylic acids is 1. The van der Waals surface area contributed by atoms with E-state index in [1.165, 1.54) is 5.57 Å². The Bertz CT molecular complexity index is 682. The first kappa shape index (κ1) is 19.2. The number of aliphatic hydroxyl groups is 1. The van der Waals surface area contributed by atoms with Gasteiger partial charge in [-0.2, -0.15) is 0 Å². The van der Waals surface area contributed by atoms with Gasteiger partial charge in [0.15, 0.2) is 5.78 Å². The third kappa shape index (κ3) is 2.66. The van der Waals surface area contributed by atoms with Crippen LogP contribution in [0.3, 0.4) is 0 Å². The second kappa shape index (κ2) is 6.43. The van der Waals surface area contributed by atoms with E-state index in [9.17, 15) is 19.8 Å². The van der Waals surface area contributed by atoms with Crippen molar-refractivity contribution in [1.82, 2.24) is 0 Å². The largest absolute Gasteiger partial charge is 0.481 e. The van der Waals surface area contributed by atoms with Crippen LogP contribution in [0.1, 0.15) is 72.1 Å². The third-order valence-corrected chi connectivity index (χ3v) is 8.99. The molecule has 0 radical (unpaired) electrons. The summed E-state index contributed by atoms with van der Waals surface area (Å²) in [6.45, 7) is 6.53. The molecule has 0 aromatic heterocycles. The van der Waals surface area contributed by atoms with E-state index in [0.29, 0.717) is 24.7 Å². The second-order valence-electron chi connectivity index (χ2n) is 10.3. The molecule has 8 atom stereocenters. The Balaban J connectivity index is 1.73. The fraction of sp³-hybridized carbons (Fsp3) is 0.826. The van der Waals surface area contributed by atoms with Gasteiger partial charge in [0.25, 0.3) is 0 Å². The van der Waals surface area contributed by atoms with Crippen LogP contribution in [-0.4, -0.2) is 28.1 Å². The lowest BCUT2D eigenvalue weighted by Crippen LogP contribution is -2.57. The van der Waals surface area contributed by atoms with Crippen molar-refractivity contribution in [1.29, 1.82) is 0 Å². The summed E-state index contributed by atoms with van der Waals surface area (Å²) in [5.74, 6) is 0.360. The summed E-state index contributed by atoms with van der Waals surface area (Å²) in [5, 5.41) is 21.3. The molecule has 4 aliphatic carbocycles. The smallest absolute Gasteiger partial charge is 0.307 e. The van der Waals surface area contributed by atoms with E-state index in [1.54, 1.807) is 0 Å². The maximum Gasteiger partial charge on any atom is 0.307 e. The number of aliphatic hydroxyl groups excluding tert-OH is 1. The normalized spacial score (nSPS) is 49.0. The molecule has 3 fully saturated rings. The highest BCUT2D eigenvalue weighted by Crippen LogP contribution is 2.68. The lowest BCUT2D eigenvalue weighted by atomic mass is 9.46. The highest BCUT2D eigenvalue weighted by Gasteiger charge is 2.65. The first-order valence-corrected chi connectivity index (χ1v) is 10.9. The van der Waals surface area contributed by atoms with E-state index < -0.39 is 12.1 Å². The van der Waals surface area contributed by atoms with Gasteiger partial charge in [0.2, 0.25) is 0 Å². The van der Waals surface area contributed by atoms with Crippen molar-refractivity contribution in [2.45, 2.75) is 78.2 Å². The topological polar surface area (TPSA) is 74.6 Å². The van der Waals surface area contributed by atoms with E-state index >= 15 is 0 Å². The van der Waals surface area contributed by atoms with Crippen molar-refractivity contribution in [2.75, 3.05) is 0 Å². The van der Waals surface area contributed by atoms with Crippen molar-refractivity contribution in [3.05, 3.63) is 11.6 Å². The SMILES string of the molecule is CCCC1C[C@H]2[C@@H]3CCC4=CC(=O)CC[C@]4(C)[C@H]3[C@@H](O)C[C@]2(C)[C@H]1C(=O)O. The molecule has 0 heterocycles. The molecule has 4 aliphatic rings. The number of ketones is 1. The quantitative estimate of drug-likeness (QED) is 0.776. The minimum absolute atomic E-state index is 0.0981.